The summed E-state index contributed by atoms with van der Waals surface area (Å²) in [6.07, 6.45) is -4.64. The Morgan fingerprint density at radius 1 is 1.11 bits per heavy atom. The summed E-state index contributed by atoms with van der Waals surface area (Å²) in [5.74, 6) is -0.747. The molecule has 0 heterocycles. The molecule has 0 amide bonds. The van der Waals surface area contributed by atoms with Gasteiger partial charge in [0, 0.05) is 0 Å². The fourth-order valence-corrected chi connectivity index (χ4v) is 1.30. The van der Waals surface area contributed by atoms with E-state index in [2.05, 4.69) is 0 Å². The maximum Gasteiger partial charge on any atom is 0.338 e. The molecule has 1 aromatic carbocycles. The second-order valence-electron chi connectivity index (χ2n) is 3.95. The SMILES string of the molecule is O=C(OCC(O)C(O)C(O)CO)c1ccc(O)cc1. The summed E-state index contributed by atoms with van der Waals surface area (Å²) >= 11 is 0. The molecule has 0 aliphatic heterocycles. The summed E-state index contributed by atoms with van der Waals surface area (Å²) in [5.41, 5.74) is 0.169. The Hall–Kier alpha value is -1.67. The molecule has 5 N–H and O–H groups in total. The third kappa shape index (κ3) is 4.49. The molecule has 106 valence electrons. The zero-order valence-corrected chi connectivity index (χ0v) is 10.0. The van der Waals surface area contributed by atoms with Gasteiger partial charge in [0.15, 0.2) is 0 Å². The van der Waals surface area contributed by atoms with E-state index in [0.717, 1.165) is 0 Å². The maximum absolute atomic E-state index is 11.5. The predicted molar refractivity (Wildman–Crippen MR) is 63.5 cm³/mol. The van der Waals surface area contributed by atoms with Crippen molar-refractivity contribution in [2.45, 2.75) is 18.3 Å². The number of esters is 1. The Balaban J connectivity index is 2.48. The van der Waals surface area contributed by atoms with Gasteiger partial charge >= 0.3 is 5.97 Å². The smallest absolute Gasteiger partial charge is 0.338 e. The summed E-state index contributed by atoms with van der Waals surface area (Å²) in [4.78, 5) is 11.5. The molecule has 7 nitrogen and oxygen atoms in total. The van der Waals surface area contributed by atoms with Crippen LogP contribution in [0.15, 0.2) is 24.3 Å². The number of aliphatic hydroxyl groups excluding tert-OH is 4. The van der Waals surface area contributed by atoms with E-state index in [1.807, 2.05) is 0 Å². The van der Waals surface area contributed by atoms with E-state index in [1.54, 1.807) is 0 Å². The first kappa shape index (κ1) is 15.4. The van der Waals surface area contributed by atoms with E-state index in [1.165, 1.54) is 24.3 Å². The van der Waals surface area contributed by atoms with Crippen LogP contribution in [-0.2, 0) is 4.74 Å². The van der Waals surface area contributed by atoms with Gasteiger partial charge in [0.25, 0.3) is 0 Å². The molecule has 0 bridgehead atoms. The Morgan fingerprint density at radius 2 is 1.68 bits per heavy atom. The standard InChI is InChI=1S/C12H16O7/c13-5-9(15)11(17)10(16)6-19-12(18)7-1-3-8(14)4-2-7/h1-4,9-11,13-17H,5-6H2. The van der Waals surface area contributed by atoms with Gasteiger partial charge in [-0.05, 0) is 24.3 Å². The summed E-state index contributed by atoms with van der Waals surface area (Å²) in [6, 6.07) is 5.28. The van der Waals surface area contributed by atoms with Crippen molar-refractivity contribution in [3.63, 3.8) is 0 Å². The first-order valence-electron chi connectivity index (χ1n) is 5.57. The van der Waals surface area contributed by atoms with Gasteiger partial charge in [0.1, 0.15) is 30.7 Å². The monoisotopic (exact) mass is 272 g/mol. The average Bonchev–Trinajstić information content (AvgIpc) is 2.43. The minimum atomic E-state index is -1.61. The minimum Gasteiger partial charge on any atom is -0.508 e. The topological polar surface area (TPSA) is 127 Å². The van der Waals surface area contributed by atoms with E-state index in [9.17, 15) is 15.0 Å². The highest BCUT2D eigenvalue weighted by Crippen LogP contribution is 2.11. The highest BCUT2D eigenvalue weighted by atomic mass is 16.5. The van der Waals surface area contributed by atoms with E-state index in [-0.39, 0.29) is 11.3 Å². The molecule has 7 heteroatoms. The molecular formula is C12H16O7. The molecule has 1 rings (SSSR count). The number of phenolic OH excluding ortho intramolecular Hbond substituents is 1. The van der Waals surface area contributed by atoms with Crippen LogP contribution in [0.2, 0.25) is 0 Å². The first-order chi connectivity index (χ1) is 8.95. The number of carbonyl (C=O) groups is 1. The van der Waals surface area contributed by atoms with Crippen molar-refractivity contribution in [1.82, 2.24) is 0 Å². The van der Waals surface area contributed by atoms with Crippen molar-refractivity contribution in [3.05, 3.63) is 29.8 Å². The molecule has 3 atom stereocenters. The lowest BCUT2D eigenvalue weighted by Crippen LogP contribution is -2.42. The lowest BCUT2D eigenvalue weighted by atomic mass is 10.1. The fourth-order valence-electron chi connectivity index (χ4n) is 1.30. The normalized spacial score (nSPS) is 15.6. The maximum atomic E-state index is 11.5. The van der Waals surface area contributed by atoms with Gasteiger partial charge < -0.3 is 30.3 Å². The number of rotatable bonds is 6. The van der Waals surface area contributed by atoms with Crippen molar-refractivity contribution in [1.29, 1.82) is 0 Å². The van der Waals surface area contributed by atoms with Crippen molar-refractivity contribution in [2.75, 3.05) is 13.2 Å². The van der Waals surface area contributed by atoms with Crippen LogP contribution in [0.5, 0.6) is 5.75 Å². The summed E-state index contributed by atoms with van der Waals surface area (Å²) in [7, 11) is 0. The summed E-state index contributed by atoms with van der Waals surface area (Å²) < 4.78 is 4.72. The molecular weight excluding hydrogens is 256 g/mol. The lowest BCUT2D eigenvalue weighted by molar-refractivity contribution is -0.0925. The van der Waals surface area contributed by atoms with Crippen molar-refractivity contribution >= 4 is 5.97 Å². The van der Waals surface area contributed by atoms with E-state index in [4.69, 9.17) is 20.1 Å². The second kappa shape index (κ2) is 7.05. The first-order valence-corrected chi connectivity index (χ1v) is 5.57. The van der Waals surface area contributed by atoms with Crippen LogP contribution in [0.3, 0.4) is 0 Å². The average molecular weight is 272 g/mol. The van der Waals surface area contributed by atoms with E-state index < -0.39 is 37.5 Å². The van der Waals surface area contributed by atoms with Gasteiger partial charge in [-0.1, -0.05) is 0 Å². The Bertz CT molecular complexity index is 403. The fraction of sp³-hybridized carbons (Fsp3) is 0.417. The lowest BCUT2D eigenvalue weighted by Gasteiger charge is -2.21. The minimum absolute atomic E-state index is 0.00178. The van der Waals surface area contributed by atoms with E-state index >= 15 is 0 Å². The van der Waals surface area contributed by atoms with Crippen LogP contribution in [0.1, 0.15) is 10.4 Å². The van der Waals surface area contributed by atoms with Crippen molar-refractivity contribution in [3.8, 4) is 5.75 Å². The number of phenols is 1. The molecule has 1 aromatic rings. The number of hydrogen-bond acceptors (Lipinski definition) is 7. The Kier molecular flexibility index (Phi) is 5.71. The van der Waals surface area contributed by atoms with Crippen LogP contribution in [0.4, 0.5) is 0 Å². The quantitative estimate of drug-likeness (QED) is 0.404. The van der Waals surface area contributed by atoms with Gasteiger partial charge in [-0.2, -0.15) is 0 Å². The molecule has 0 saturated carbocycles. The van der Waals surface area contributed by atoms with Crippen LogP contribution in [0, 0.1) is 0 Å². The zero-order chi connectivity index (χ0) is 14.4. The predicted octanol–water partition coefficient (Wildman–Crippen LogP) is -1.38. The Morgan fingerprint density at radius 3 is 2.21 bits per heavy atom. The van der Waals surface area contributed by atoms with Crippen molar-refractivity contribution in [2.24, 2.45) is 0 Å². The number of benzene rings is 1. The molecule has 0 saturated heterocycles. The number of hydrogen-bond donors (Lipinski definition) is 5. The second-order valence-corrected chi connectivity index (χ2v) is 3.95. The molecule has 0 aromatic heterocycles. The summed E-state index contributed by atoms with van der Waals surface area (Å²) in [5, 5.41) is 45.4. The third-order valence-electron chi connectivity index (χ3n) is 2.46. The van der Waals surface area contributed by atoms with Gasteiger partial charge in [0.2, 0.25) is 0 Å². The number of ether oxygens (including phenoxy) is 1. The van der Waals surface area contributed by atoms with E-state index in [0.29, 0.717) is 0 Å². The highest BCUT2D eigenvalue weighted by molar-refractivity contribution is 5.89. The zero-order valence-electron chi connectivity index (χ0n) is 10.0. The Labute approximate surface area is 109 Å². The molecule has 0 spiro atoms. The molecule has 3 unspecified atom stereocenters. The van der Waals surface area contributed by atoms with Crippen molar-refractivity contribution < 1.29 is 35.1 Å². The molecule has 0 aliphatic carbocycles. The van der Waals surface area contributed by atoms with Gasteiger partial charge in [-0.15, -0.1) is 0 Å². The van der Waals surface area contributed by atoms with Gasteiger partial charge in [0.05, 0.1) is 12.2 Å². The summed E-state index contributed by atoms with van der Waals surface area (Å²) in [6.45, 7) is -1.25. The van der Waals surface area contributed by atoms with Crippen LogP contribution >= 0.6 is 0 Å². The number of carbonyl (C=O) groups excluding carboxylic acids is 1. The van der Waals surface area contributed by atoms with Gasteiger partial charge in [-0.25, -0.2) is 4.79 Å². The molecule has 0 aliphatic rings. The molecule has 0 radical (unpaired) electrons. The third-order valence-corrected chi connectivity index (χ3v) is 2.46. The molecule has 19 heavy (non-hydrogen) atoms. The number of aliphatic hydroxyl groups is 4. The van der Waals surface area contributed by atoms with Crippen LogP contribution in [0.25, 0.3) is 0 Å². The van der Waals surface area contributed by atoms with Crippen LogP contribution < -0.4 is 0 Å². The highest BCUT2D eigenvalue weighted by Gasteiger charge is 2.25. The largest absolute Gasteiger partial charge is 0.508 e. The van der Waals surface area contributed by atoms with Gasteiger partial charge in [-0.3, -0.25) is 0 Å². The van der Waals surface area contributed by atoms with Crippen LogP contribution in [-0.4, -0.2) is 63.0 Å². The number of aromatic hydroxyl groups is 1. The molecule has 0 fully saturated rings.